The molecular formula is C34H36FN3O4S. The highest BCUT2D eigenvalue weighted by Crippen LogP contribution is 2.27. The van der Waals surface area contributed by atoms with Gasteiger partial charge in [0.1, 0.15) is 18.4 Å². The fraction of sp³-hybridized carbons (Fsp3) is 0.235. The van der Waals surface area contributed by atoms with Crippen LogP contribution in [-0.4, -0.2) is 44.3 Å². The van der Waals surface area contributed by atoms with Crippen molar-refractivity contribution in [1.29, 1.82) is 0 Å². The summed E-state index contributed by atoms with van der Waals surface area (Å²) in [6.07, 6.45) is 0.841. The smallest absolute Gasteiger partial charge is 0.264 e. The van der Waals surface area contributed by atoms with Crippen LogP contribution in [0.3, 0.4) is 0 Å². The Bertz CT molecular complexity index is 1630. The molecule has 1 N–H and O–H groups in total. The molecule has 7 nitrogen and oxygen atoms in total. The van der Waals surface area contributed by atoms with E-state index in [1.807, 2.05) is 37.3 Å². The van der Waals surface area contributed by atoms with Gasteiger partial charge < -0.3 is 10.2 Å². The molecular weight excluding hydrogens is 565 g/mol. The number of hydrogen-bond acceptors (Lipinski definition) is 4. The number of carbonyl (C=O) groups is 2. The van der Waals surface area contributed by atoms with Crippen molar-refractivity contribution in [2.75, 3.05) is 17.4 Å². The van der Waals surface area contributed by atoms with Gasteiger partial charge in [0.05, 0.1) is 10.6 Å². The van der Waals surface area contributed by atoms with E-state index in [1.54, 1.807) is 67.6 Å². The number of nitrogens with zero attached hydrogens (tertiary/aromatic N) is 2. The molecule has 9 heteroatoms. The number of rotatable bonds is 13. The van der Waals surface area contributed by atoms with Crippen LogP contribution in [0.5, 0.6) is 0 Å². The van der Waals surface area contributed by atoms with Gasteiger partial charge in [-0.25, -0.2) is 12.8 Å². The zero-order valence-electron chi connectivity index (χ0n) is 24.3. The average molecular weight is 602 g/mol. The predicted octanol–water partition coefficient (Wildman–Crippen LogP) is 5.50. The summed E-state index contributed by atoms with van der Waals surface area (Å²) in [5, 5.41) is 2.88. The zero-order chi connectivity index (χ0) is 30.8. The zero-order valence-corrected chi connectivity index (χ0v) is 25.1. The van der Waals surface area contributed by atoms with E-state index in [2.05, 4.69) is 5.32 Å². The van der Waals surface area contributed by atoms with Gasteiger partial charge in [0.25, 0.3) is 10.0 Å². The Morgan fingerprint density at radius 1 is 0.837 bits per heavy atom. The molecule has 4 aromatic carbocycles. The van der Waals surface area contributed by atoms with Crippen LogP contribution in [0, 0.1) is 12.7 Å². The first-order valence-electron chi connectivity index (χ1n) is 14.2. The van der Waals surface area contributed by atoms with Gasteiger partial charge in [0.2, 0.25) is 11.8 Å². The van der Waals surface area contributed by atoms with E-state index in [9.17, 15) is 22.4 Å². The lowest BCUT2D eigenvalue weighted by Crippen LogP contribution is -2.53. The molecule has 0 spiro atoms. The van der Waals surface area contributed by atoms with Gasteiger partial charge in [0.15, 0.2) is 0 Å². The van der Waals surface area contributed by atoms with E-state index in [4.69, 9.17) is 0 Å². The van der Waals surface area contributed by atoms with Crippen molar-refractivity contribution in [3.05, 3.63) is 132 Å². The molecule has 0 radical (unpaired) electrons. The maximum Gasteiger partial charge on any atom is 0.264 e. The van der Waals surface area contributed by atoms with Crippen molar-refractivity contribution in [2.45, 2.75) is 44.2 Å². The van der Waals surface area contributed by atoms with Crippen molar-refractivity contribution < 1.29 is 22.4 Å². The van der Waals surface area contributed by atoms with Crippen molar-refractivity contribution >= 4 is 27.5 Å². The SMILES string of the molecule is CCCNC(=O)C(Cc1ccccc1)N(Cc1ccccc1F)C(=O)CN(c1ccccc1C)S(=O)(=O)c1ccccc1. The molecule has 0 aliphatic carbocycles. The van der Waals surface area contributed by atoms with Gasteiger partial charge in [-0.2, -0.15) is 0 Å². The number of aryl methyl sites for hydroxylation is 1. The Labute approximate surface area is 253 Å². The van der Waals surface area contributed by atoms with Gasteiger partial charge in [-0.3, -0.25) is 13.9 Å². The third kappa shape index (κ3) is 7.87. The number of carbonyl (C=O) groups excluding carboxylic acids is 2. The molecule has 0 aliphatic rings. The predicted molar refractivity (Wildman–Crippen MR) is 166 cm³/mol. The number of halogens is 1. The van der Waals surface area contributed by atoms with Crippen molar-refractivity contribution in [3.8, 4) is 0 Å². The second-order valence-electron chi connectivity index (χ2n) is 10.2. The highest BCUT2D eigenvalue weighted by molar-refractivity contribution is 7.92. The first kappa shape index (κ1) is 31.4. The first-order valence-corrected chi connectivity index (χ1v) is 15.6. The molecule has 0 saturated heterocycles. The monoisotopic (exact) mass is 601 g/mol. The molecule has 0 heterocycles. The molecule has 0 saturated carbocycles. The lowest BCUT2D eigenvalue weighted by Gasteiger charge is -2.34. The number of nitrogens with one attached hydrogen (secondary N) is 1. The largest absolute Gasteiger partial charge is 0.354 e. The lowest BCUT2D eigenvalue weighted by atomic mass is 10.0. The van der Waals surface area contributed by atoms with Crippen LogP contribution in [0.4, 0.5) is 10.1 Å². The molecule has 0 fully saturated rings. The second kappa shape index (κ2) is 14.6. The molecule has 4 rings (SSSR count). The van der Waals surface area contributed by atoms with Crippen LogP contribution in [-0.2, 0) is 32.6 Å². The van der Waals surface area contributed by atoms with Crippen molar-refractivity contribution in [1.82, 2.24) is 10.2 Å². The Balaban J connectivity index is 1.81. The summed E-state index contributed by atoms with van der Waals surface area (Å²) in [5.41, 5.74) is 2.00. The number of para-hydroxylation sites is 1. The van der Waals surface area contributed by atoms with Crippen molar-refractivity contribution in [2.24, 2.45) is 0 Å². The Kier molecular flexibility index (Phi) is 10.7. The summed E-state index contributed by atoms with van der Waals surface area (Å²) >= 11 is 0. The minimum absolute atomic E-state index is 0.0215. The summed E-state index contributed by atoms with van der Waals surface area (Å²) in [6, 6.07) is 29.0. The van der Waals surface area contributed by atoms with Gasteiger partial charge in [-0.05, 0) is 48.7 Å². The van der Waals surface area contributed by atoms with Crippen LogP contribution in [0.25, 0.3) is 0 Å². The molecule has 1 unspecified atom stereocenters. The molecule has 224 valence electrons. The highest BCUT2D eigenvalue weighted by Gasteiger charge is 2.35. The number of anilines is 1. The van der Waals surface area contributed by atoms with E-state index in [-0.39, 0.29) is 23.4 Å². The highest BCUT2D eigenvalue weighted by atomic mass is 32.2. The minimum Gasteiger partial charge on any atom is -0.354 e. The standard InChI is InChI=1S/C34H36FN3O4S/c1-3-22-36-34(40)32(23-27-15-6-4-7-16-27)37(24-28-17-11-12-20-30(28)35)33(39)25-38(31-21-13-10-14-26(31)2)43(41,42)29-18-8-5-9-19-29/h4-21,32H,3,22-25H2,1-2H3,(H,36,40). The molecule has 0 aliphatic heterocycles. The Morgan fingerprint density at radius 3 is 2.09 bits per heavy atom. The molecule has 2 amide bonds. The van der Waals surface area contributed by atoms with Gasteiger partial charge in [-0.1, -0.05) is 91.9 Å². The van der Waals surface area contributed by atoms with E-state index in [0.717, 1.165) is 9.87 Å². The molecule has 43 heavy (non-hydrogen) atoms. The third-order valence-electron chi connectivity index (χ3n) is 7.11. The van der Waals surface area contributed by atoms with E-state index in [1.165, 1.54) is 23.1 Å². The first-order chi connectivity index (χ1) is 20.7. The fourth-order valence-corrected chi connectivity index (χ4v) is 6.31. The average Bonchev–Trinajstić information content (AvgIpc) is 3.02. The molecule has 1 atom stereocenters. The van der Waals surface area contributed by atoms with Crippen LogP contribution in [0.1, 0.15) is 30.0 Å². The van der Waals surface area contributed by atoms with Crippen LogP contribution in [0.15, 0.2) is 114 Å². The summed E-state index contributed by atoms with van der Waals surface area (Å²) in [6.45, 7) is 3.26. The summed E-state index contributed by atoms with van der Waals surface area (Å²) in [7, 11) is -4.19. The van der Waals surface area contributed by atoms with Gasteiger partial charge in [-0.15, -0.1) is 0 Å². The van der Waals surface area contributed by atoms with Gasteiger partial charge >= 0.3 is 0 Å². The van der Waals surface area contributed by atoms with Crippen LogP contribution >= 0.6 is 0 Å². The number of amides is 2. The number of benzene rings is 4. The van der Waals surface area contributed by atoms with Crippen molar-refractivity contribution in [3.63, 3.8) is 0 Å². The molecule has 0 bridgehead atoms. The summed E-state index contributed by atoms with van der Waals surface area (Å²) in [5.74, 6) is -1.57. The van der Waals surface area contributed by atoms with E-state index < -0.39 is 40.2 Å². The lowest BCUT2D eigenvalue weighted by molar-refractivity contribution is -0.140. The Morgan fingerprint density at radius 2 is 1.44 bits per heavy atom. The minimum atomic E-state index is -4.19. The van der Waals surface area contributed by atoms with E-state index in [0.29, 0.717) is 24.2 Å². The van der Waals surface area contributed by atoms with Crippen LogP contribution < -0.4 is 9.62 Å². The van der Waals surface area contributed by atoms with E-state index >= 15 is 0 Å². The van der Waals surface area contributed by atoms with Crippen LogP contribution in [0.2, 0.25) is 0 Å². The number of sulfonamides is 1. The third-order valence-corrected chi connectivity index (χ3v) is 8.89. The maximum absolute atomic E-state index is 15.0. The second-order valence-corrected chi connectivity index (χ2v) is 12.1. The van der Waals surface area contributed by atoms with Gasteiger partial charge in [0, 0.05) is 25.1 Å². The fourth-order valence-electron chi connectivity index (χ4n) is 4.81. The normalized spacial score (nSPS) is 11.9. The molecule has 0 aromatic heterocycles. The summed E-state index contributed by atoms with van der Waals surface area (Å²) < 4.78 is 44.0. The number of hydrogen-bond donors (Lipinski definition) is 1. The Hall–Kier alpha value is -4.50. The topological polar surface area (TPSA) is 86.8 Å². The maximum atomic E-state index is 15.0. The quantitative estimate of drug-likeness (QED) is 0.219. The molecule has 4 aromatic rings. The summed E-state index contributed by atoms with van der Waals surface area (Å²) in [4.78, 5) is 29.3.